The molecule has 1 heterocycles. The van der Waals surface area contributed by atoms with Gasteiger partial charge in [0.15, 0.2) is 0 Å². The summed E-state index contributed by atoms with van der Waals surface area (Å²) in [6.07, 6.45) is 13.6. The minimum Gasteiger partial charge on any atom is -0.155 e. The molecule has 0 radical (unpaired) electrons. The Balaban J connectivity index is 2.09. The summed E-state index contributed by atoms with van der Waals surface area (Å²) < 4.78 is 0. The van der Waals surface area contributed by atoms with E-state index in [0.717, 1.165) is 10.5 Å². The van der Waals surface area contributed by atoms with Crippen molar-refractivity contribution < 1.29 is 0 Å². The lowest BCUT2D eigenvalue weighted by molar-refractivity contribution is -0.00164. The van der Waals surface area contributed by atoms with E-state index in [1.807, 2.05) is 0 Å². The third-order valence-corrected chi connectivity index (χ3v) is 7.30. The molecule has 1 aliphatic heterocycles. The van der Waals surface area contributed by atoms with Gasteiger partial charge in [0.25, 0.3) is 0 Å². The van der Waals surface area contributed by atoms with Gasteiger partial charge in [0, 0.05) is 10.5 Å². The lowest BCUT2D eigenvalue weighted by atomic mass is 9.49. The Morgan fingerprint density at radius 1 is 0.933 bits per heavy atom. The summed E-state index contributed by atoms with van der Waals surface area (Å²) in [5, 5.41) is 1.77. The maximum atomic E-state index is 2.49. The van der Waals surface area contributed by atoms with Crippen molar-refractivity contribution in [3.63, 3.8) is 0 Å². The number of allylic oxidation sites excluding steroid dienone is 2. The summed E-state index contributed by atoms with van der Waals surface area (Å²) in [5.74, 6) is 0. The van der Waals surface area contributed by atoms with Crippen molar-refractivity contribution in [1.29, 1.82) is 0 Å². The van der Waals surface area contributed by atoms with E-state index in [2.05, 4.69) is 37.8 Å². The molecule has 0 aromatic heterocycles. The molecule has 0 N–H and O–H groups in total. The van der Waals surface area contributed by atoms with Crippen LogP contribution in [-0.4, -0.2) is 10.5 Å². The van der Waals surface area contributed by atoms with Gasteiger partial charge in [-0.15, -0.1) is 0 Å². The Kier molecular flexibility index (Phi) is 2.25. The van der Waals surface area contributed by atoms with Gasteiger partial charge in [-0.3, -0.25) is 0 Å². The SMILES string of the molecule is C[C@@H]1S[C@H](C)[C@]23CC=CC[C@@]12CCCC3. The van der Waals surface area contributed by atoms with Gasteiger partial charge in [-0.1, -0.05) is 38.8 Å². The van der Waals surface area contributed by atoms with Crippen molar-refractivity contribution in [2.45, 2.75) is 62.9 Å². The van der Waals surface area contributed by atoms with Crippen LogP contribution in [0.5, 0.6) is 0 Å². The van der Waals surface area contributed by atoms with Crippen molar-refractivity contribution in [3.05, 3.63) is 12.2 Å². The predicted octanol–water partition coefficient (Wildman–Crippen LogP) is 4.41. The molecule has 0 unspecified atom stereocenters. The average Bonchev–Trinajstić information content (AvgIpc) is 2.50. The number of thioether (sulfide) groups is 1. The van der Waals surface area contributed by atoms with Crippen molar-refractivity contribution in [2.24, 2.45) is 10.8 Å². The predicted molar refractivity (Wildman–Crippen MR) is 68.2 cm³/mol. The molecule has 1 saturated heterocycles. The van der Waals surface area contributed by atoms with Crippen LogP contribution in [0.2, 0.25) is 0 Å². The first-order chi connectivity index (χ1) is 7.21. The molecule has 0 aromatic carbocycles. The van der Waals surface area contributed by atoms with Gasteiger partial charge in [-0.2, -0.15) is 11.8 Å². The number of rotatable bonds is 0. The second-order valence-corrected chi connectivity index (χ2v) is 7.51. The van der Waals surface area contributed by atoms with Crippen molar-refractivity contribution >= 4 is 11.8 Å². The Morgan fingerprint density at radius 3 is 1.87 bits per heavy atom. The molecule has 0 aromatic rings. The zero-order valence-corrected chi connectivity index (χ0v) is 10.8. The number of hydrogen-bond donors (Lipinski definition) is 0. The molecule has 0 nitrogen and oxygen atoms in total. The van der Waals surface area contributed by atoms with E-state index in [1.165, 1.54) is 38.5 Å². The van der Waals surface area contributed by atoms with Crippen LogP contribution < -0.4 is 0 Å². The summed E-state index contributed by atoms with van der Waals surface area (Å²) in [7, 11) is 0. The molecular weight excluding hydrogens is 200 g/mol. The minimum atomic E-state index is 0.671. The lowest BCUT2D eigenvalue weighted by Crippen LogP contribution is -2.49. The monoisotopic (exact) mass is 222 g/mol. The molecule has 2 aliphatic carbocycles. The molecule has 2 fully saturated rings. The van der Waals surface area contributed by atoms with Gasteiger partial charge >= 0.3 is 0 Å². The van der Waals surface area contributed by atoms with Crippen LogP contribution in [0.4, 0.5) is 0 Å². The molecule has 3 aliphatic rings. The first-order valence-corrected chi connectivity index (χ1v) is 7.46. The van der Waals surface area contributed by atoms with E-state index in [1.54, 1.807) is 0 Å². The molecule has 0 amide bonds. The van der Waals surface area contributed by atoms with Gasteiger partial charge in [0.05, 0.1) is 0 Å². The van der Waals surface area contributed by atoms with Crippen LogP contribution in [-0.2, 0) is 0 Å². The van der Waals surface area contributed by atoms with E-state index in [9.17, 15) is 0 Å². The van der Waals surface area contributed by atoms with Crippen LogP contribution in [0.15, 0.2) is 12.2 Å². The van der Waals surface area contributed by atoms with Gasteiger partial charge in [-0.25, -0.2) is 0 Å². The van der Waals surface area contributed by atoms with E-state index >= 15 is 0 Å². The second-order valence-electron chi connectivity index (χ2n) is 5.82. The lowest BCUT2D eigenvalue weighted by Gasteiger charge is -2.54. The smallest absolute Gasteiger partial charge is 0.00868 e. The minimum absolute atomic E-state index is 0.671. The Labute approximate surface area is 97.9 Å². The van der Waals surface area contributed by atoms with Gasteiger partial charge in [0.1, 0.15) is 0 Å². The summed E-state index contributed by atoms with van der Waals surface area (Å²) in [6.45, 7) is 4.99. The van der Waals surface area contributed by atoms with Crippen LogP contribution in [0.1, 0.15) is 52.4 Å². The molecule has 0 spiro atoms. The first-order valence-electron chi connectivity index (χ1n) is 6.52. The third-order valence-electron chi connectivity index (χ3n) is 5.58. The largest absolute Gasteiger partial charge is 0.155 e. The zero-order chi connectivity index (χ0) is 10.5. The fraction of sp³-hybridized carbons (Fsp3) is 0.857. The highest BCUT2D eigenvalue weighted by Crippen LogP contribution is 2.70. The summed E-state index contributed by atoms with van der Waals surface area (Å²) in [4.78, 5) is 0. The molecule has 84 valence electrons. The molecule has 0 bridgehead atoms. The maximum Gasteiger partial charge on any atom is 0.00868 e. The molecule has 4 atom stereocenters. The van der Waals surface area contributed by atoms with E-state index in [-0.39, 0.29) is 0 Å². The number of hydrogen-bond acceptors (Lipinski definition) is 1. The quantitative estimate of drug-likeness (QED) is 0.547. The molecule has 15 heavy (non-hydrogen) atoms. The van der Waals surface area contributed by atoms with E-state index in [4.69, 9.17) is 0 Å². The van der Waals surface area contributed by atoms with Crippen molar-refractivity contribution in [1.82, 2.24) is 0 Å². The Bertz CT molecular complexity index is 268. The Morgan fingerprint density at radius 2 is 1.40 bits per heavy atom. The second kappa shape index (κ2) is 3.29. The highest BCUT2D eigenvalue weighted by Gasteiger charge is 2.62. The highest BCUT2D eigenvalue weighted by atomic mass is 32.2. The summed E-state index contributed by atoms with van der Waals surface area (Å²) in [6, 6.07) is 0. The van der Waals surface area contributed by atoms with Crippen molar-refractivity contribution in [2.75, 3.05) is 0 Å². The van der Waals surface area contributed by atoms with Gasteiger partial charge < -0.3 is 0 Å². The van der Waals surface area contributed by atoms with Crippen LogP contribution >= 0.6 is 11.8 Å². The topological polar surface area (TPSA) is 0 Å². The van der Waals surface area contributed by atoms with Crippen LogP contribution in [0, 0.1) is 10.8 Å². The normalized spacial score (nSPS) is 53.7. The molecule has 1 heteroatoms. The van der Waals surface area contributed by atoms with Crippen molar-refractivity contribution in [3.8, 4) is 0 Å². The Hall–Kier alpha value is 0.0900. The van der Waals surface area contributed by atoms with E-state index in [0.29, 0.717) is 10.8 Å². The van der Waals surface area contributed by atoms with Gasteiger partial charge in [0.2, 0.25) is 0 Å². The van der Waals surface area contributed by atoms with Crippen LogP contribution in [0.3, 0.4) is 0 Å². The molecule has 1 saturated carbocycles. The summed E-state index contributed by atoms with van der Waals surface area (Å²) in [5.41, 5.74) is 1.34. The average molecular weight is 222 g/mol. The molecular formula is C14H22S. The first kappa shape index (κ1) is 10.3. The maximum absolute atomic E-state index is 2.49. The molecule has 3 rings (SSSR count). The van der Waals surface area contributed by atoms with Gasteiger partial charge in [-0.05, 0) is 36.5 Å². The van der Waals surface area contributed by atoms with E-state index < -0.39 is 0 Å². The third kappa shape index (κ3) is 1.11. The standard InChI is InChI=1S/C14H22S/c1-11-13-7-3-5-9-14(13,12(2)15-11)10-6-4-8-13/h3,5,11-12H,4,6-10H2,1-2H3/t11-,12+,13-,14-/m1/s1. The fourth-order valence-electron chi connectivity index (χ4n) is 4.69. The zero-order valence-electron chi connectivity index (χ0n) is 9.96. The summed E-state index contributed by atoms with van der Waals surface area (Å²) >= 11 is 2.27. The van der Waals surface area contributed by atoms with Crippen LogP contribution in [0.25, 0.3) is 0 Å². The fourth-order valence-corrected chi connectivity index (χ4v) is 6.72. The highest BCUT2D eigenvalue weighted by molar-refractivity contribution is 8.00.